The molecule has 2 aromatic carbocycles. The maximum Gasteiger partial charge on any atom is 0.162 e. The van der Waals surface area contributed by atoms with Crippen molar-refractivity contribution >= 4 is 33.2 Å². The van der Waals surface area contributed by atoms with Gasteiger partial charge < -0.3 is 15.2 Å². The summed E-state index contributed by atoms with van der Waals surface area (Å²) in [5, 5.41) is 14.0. The first kappa shape index (κ1) is 15.0. The molecular weight excluding hydrogens is 342 g/mol. The molecule has 2 aromatic rings. The van der Waals surface area contributed by atoms with E-state index < -0.39 is 0 Å². The number of para-hydroxylation sites is 1. The molecule has 0 aliphatic heterocycles. The number of phenols is 1. The minimum Gasteiger partial charge on any atom is -0.504 e. The molecule has 0 radical (unpaired) electrons. The molecule has 0 atom stereocenters. The fraction of sp³-hybridized carbons (Fsp3) is 0.200. The van der Waals surface area contributed by atoms with Gasteiger partial charge in [0.1, 0.15) is 0 Å². The summed E-state index contributed by atoms with van der Waals surface area (Å²) in [5.74, 6) is 0.675. The van der Waals surface area contributed by atoms with Crippen LogP contribution < -0.4 is 10.1 Å². The Balaban J connectivity index is 2.12. The van der Waals surface area contributed by atoms with Gasteiger partial charge in [0.25, 0.3) is 0 Å². The van der Waals surface area contributed by atoms with Crippen LogP contribution in [0.4, 0.5) is 5.69 Å². The molecular formula is C15H15BrClNO2. The van der Waals surface area contributed by atoms with E-state index in [1.54, 1.807) is 6.07 Å². The molecule has 0 aliphatic carbocycles. The van der Waals surface area contributed by atoms with Gasteiger partial charge >= 0.3 is 0 Å². The van der Waals surface area contributed by atoms with E-state index >= 15 is 0 Å². The van der Waals surface area contributed by atoms with Crippen LogP contribution in [0.25, 0.3) is 0 Å². The molecule has 0 fully saturated rings. The number of nitrogens with one attached hydrogen (secondary N) is 1. The molecule has 0 heterocycles. The minimum atomic E-state index is 0.173. The fourth-order valence-electron chi connectivity index (χ4n) is 1.81. The third kappa shape index (κ3) is 3.58. The Bertz CT molecular complexity index is 604. The van der Waals surface area contributed by atoms with Crippen molar-refractivity contribution in [3.63, 3.8) is 0 Å². The Morgan fingerprint density at radius 3 is 2.80 bits per heavy atom. The molecule has 0 spiro atoms. The quantitative estimate of drug-likeness (QED) is 0.807. The van der Waals surface area contributed by atoms with Gasteiger partial charge in [-0.3, -0.25) is 0 Å². The van der Waals surface area contributed by atoms with Gasteiger partial charge in [0.05, 0.1) is 6.61 Å². The predicted molar refractivity (Wildman–Crippen MR) is 85.8 cm³/mol. The van der Waals surface area contributed by atoms with Crippen LogP contribution in [-0.4, -0.2) is 11.7 Å². The highest BCUT2D eigenvalue weighted by molar-refractivity contribution is 9.10. The molecule has 2 rings (SSSR count). The number of aromatic hydroxyl groups is 1. The molecule has 0 aromatic heterocycles. The van der Waals surface area contributed by atoms with Gasteiger partial charge in [-0.2, -0.15) is 0 Å². The summed E-state index contributed by atoms with van der Waals surface area (Å²) in [6, 6.07) is 11.0. The Hall–Kier alpha value is -1.39. The highest BCUT2D eigenvalue weighted by Gasteiger charge is 2.08. The van der Waals surface area contributed by atoms with Gasteiger partial charge in [0.15, 0.2) is 11.5 Å². The van der Waals surface area contributed by atoms with Gasteiger partial charge in [-0.1, -0.05) is 23.7 Å². The average Bonchev–Trinajstić information content (AvgIpc) is 2.42. The van der Waals surface area contributed by atoms with Crippen LogP contribution in [0.5, 0.6) is 11.5 Å². The standard InChI is InChI=1S/C15H15BrClNO2/c1-2-20-14-5-3-4-10(15(14)19)9-18-13-7-6-11(17)8-12(13)16/h3-8,18-19H,2,9H2,1H3. The third-order valence-electron chi connectivity index (χ3n) is 2.78. The van der Waals surface area contributed by atoms with E-state index in [4.69, 9.17) is 16.3 Å². The summed E-state index contributed by atoms with van der Waals surface area (Å²) in [7, 11) is 0. The van der Waals surface area contributed by atoms with Crippen LogP contribution in [0.2, 0.25) is 5.02 Å². The summed E-state index contributed by atoms with van der Waals surface area (Å²) in [6.45, 7) is 2.90. The topological polar surface area (TPSA) is 41.5 Å². The average molecular weight is 357 g/mol. The number of halogens is 2. The van der Waals surface area contributed by atoms with E-state index in [1.165, 1.54) is 0 Å². The van der Waals surface area contributed by atoms with E-state index in [0.29, 0.717) is 23.9 Å². The van der Waals surface area contributed by atoms with Gasteiger partial charge in [-0.15, -0.1) is 0 Å². The van der Waals surface area contributed by atoms with Crippen molar-refractivity contribution in [3.05, 3.63) is 51.5 Å². The first-order valence-corrected chi connectivity index (χ1v) is 7.41. The molecule has 0 saturated carbocycles. The van der Waals surface area contributed by atoms with Crippen molar-refractivity contribution in [3.8, 4) is 11.5 Å². The zero-order chi connectivity index (χ0) is 14.5. The summed E-state index contributed by atoms with van der Waals surface area (Å²) in [5.41, 5.74) is 1.69. The second-order valence-electron chi connectivity index (χ2n) is 4.17. The number of hydrogen-bond donors (Lipinski definition) is 2. The molecule has 0 unspecified atom stereocenters. The maximum atomic E-state index is 10.1. The summed E-state index contributed by atoms with van der Waals surface area (Å²) in [4.78, 5) is 0. The maximum absolute atomic E-state index is 10.1. The van der Waals surface area contributed by atoms with E-state index in [0.717, 1.165) is 15.7 Å². The molecule has 0 bridgehead atoms. The molecule has 0 amide bonds. The van der Waals surface area contributed by atoms with Gasteiger partial charge in [0.2, 0.25) is 0 Å². The van der Waals surface area contributed by atoms with Crippen LogP contribution in [0.1, 0.15) is 12.5 Å². The van der Waals surface area contributed by atoms with E-state index in [9.17, 15) is 5.11 Å². The van der Waals surface area contributed by atoms with Crippen LogP contribution in [0.3, 0.4) is 0 Å². The van der Waals surface area contributed by atoms with Crippen LogP contribution >= 0.6 is 27.5 Å². The van der Waals surface area contributed by atoms with Crippen molar-refractivity contribution in [1.82, 2.24) is 0 Å². The van der Waals surface area contributed by atoms with Crippen molar-refractivity contribution in [2.45, 2.75) is 13.5 Å². The molecule has 0 saturated heterocycles. The van der Waals surface area contributed by atoms with Crippen LogP contribution in [0.15, 0.2) is 40.9 Å². The minimum absolute atomic E-state index is 0.173. The Morgan fingerprint density at radius 1 is 1.30 bits per heavy atom. The lowest BCUT2D eigenvalue weighted by Crippen LogP contribution is -2.01. The largest absolute Gasteiger partial charge is 0.504 e. The van der Waals surface area contributed by atoms with E-state index in [1.807, 2.05) is 37.3 Å². The lowest BCUT2D eigenvalue weighted by atomic mass is 10.2. The van der Waals surface area contributed by atoms with Crippen LogP contribution in [-0.2, 0) is 6.54 Å². The summed E-state index contributed by atoms with van der Waals surface area (Å²) >= 11 is 9.34. The second-order valence-corrected chi connectivity index (χ2v) is 5.47. The number of anilines is 1. The molecule has 2 N–H and O–H groups in total. The van der Waals surface area contributed by atoms with Crippen molar-refractivity contribution < 1.29 is 9.84 Å². The van der Waals surface area contributed by atoms with Gasteiger partial charge in [-0.25, -0.2) is 0 Å². The Kier molecular flexibility index (Phi) is 5.15. The SMILES string of the molecule is CCOc1cccc(CNc2ccc(Cl)cc2Br)c1O. The van der Waals surface area contributed by atoms with Crippen LogP contribution in [0, 0.1) is 0 Å². The third-order valence-corrected chi connectivity index (χ3v) is 3.67. The number of rotatable bonds is 5. The molecule has 106 valence electrons. The Morgan fingerprint density at radius 2 is 2.10 bits per heavy atom. The number of hydrogen-bond acceptors (Lipinski definition) is 3. The van der Waals surface area contributed by atoms with Crippen molar-refractivity contribution in [1.29, 1.82) is 0 Å². The number of ether oxygens (including phenoxy) is 1. The summed E-state index contributed by atoms with van der Waals surface area (Å²) < 4.78 is 6.24. The lowest BCUT2D eigenvalue weighted by Gasteiger charge is -2.12. The smallest absolute Gasteiger partial charge is 0.162 e. The fourth-order valence-corrected chi connectivity index (χ4v) is 2.63. The van der Waals surface area contributed by atoms with Crippen molar-refractivity contribution in [2.24, 2.45) is 0 Å². The highest BCUT2D eigenvalue weighted by atomic mass is 79.9. The van der Waals surface area contributed by atoms with E-state index in [-0.39, 0.29) is 5.75 Å². The highest BCUT2D eigenvalue weighted by Crippen LogP contribution is 2.31. The van der Waals surface area contributed by atoms with Gasteiger partial charge in [0, 0.05) is 27.3 Å². The molecule has 3 nitrogen and oxygen atoms in total. The number of benzene rings is 2. The van der Waals surface area contributed by atoms with E-state index in [2.05, 4.69) is 21.2 Å². The first-order valence-electron chi connectivity index (χ1n) is 6.24. The van der Waals surface area contributed by atoms with Crippen molar-refractivity contribution in [2.75, 3.05) is 11.9 Å². The zero-order valence-corrected chi connectivity index (χ0v) is 13.3. The monoisotopic (exact) mass is 355 g/mol. The zero-order valence-electron chi connectivity index (χ0n) is 11.0. The molecule has 5 heteroatoms. The first-order chi connectivity index (χ1) is 9.61. The normalized spacial score (nSPS) is 10.3. The Labute approximate surface area is 131 Å². The summed E-state index contributed by atoms with van der Waals surface area (Å²) in [6.07, 6.45) is 0. The molecule has 20 heavy (non-hydrogen) atoms. The number of phenolic OH excluding ortho intramolecular Hbond substituents is 1. The van der Waals surface area contributed by atoms with Gasteiger partial charge in [-0.05, 0) is 47.1 Å². The lowest BCUT2D eigenvalue weighted by molar-refractivity contribution is 0.317. The molecule has 0 aliphatic rings. The second kappa shape index (κ2) is 6.86. The predicted octanol–water partition coefficient (Wildman–Crippen LogP) is 4.82.